The zero-order chi connectivity index (χ0) is 13.8. The molecule has 2 aromatic rings. The lowest BCUT2D eigenvalue weighted by molar-refractivity contribution is 0.107. The number of rotatable bonds is 4. The highest BCUT2D eigenvalue weighted by Crippen LogP contribution is 2.22. The molecule has 2 heteroatoms. The molecule has 0 aliphatic rings. The summed E-state index contributed by atoms with van der Waals surface area (Å²) in [6.45, 7) is 6.43. The molecular weight excluding hydrogens is 236 g/mol. The molecule has 2 nitrogen and oxygen atoms in total. The van der Waals surface area contributed by atoms with Gasteiger partial charge in [-0.1, -0.05) is 30.3 Å². The predicted molar refractivity (Wildman–Crippen MR) is 77.5 cm³/mol. The Labute approximate surface area is 114 Å². The second-order valence-electron chi connectivity index (χ2n) is 4.93. The molecule has 19 heavy (non-hydrogen) atoms. The molecule has 0 spiro atoms. The molecule has 0 radical (unpaired) electrons. The first-order valence-electron chi connectivity index (χ1n) is 6.51. The number of aliphatic hydroxyl groups is 1. The van der Waals surface area contributed by atoms with Gasteiger partial charge in [0.1, 0.15) is 18.5 Å². The van der Waals surface area contributed by atoms with E-state index in [-0.39, 0.29) is 6.61 Å². The molecule has 0 amide bonds. The lowest BCUT2D eigenvalue weighted by atomic mass is 9.97. The highest BCUT2D eigenvalue weighted by molar-refractivity contribution is 5.37. The maximum Gasteiger partial charge on any atom is 0.119 e. The third-order valence-corrected chi connectivity index (χ3v) is 3.39. The van der Waals surface area contributed by atoms with E-state index in [0.717, 1.165) is 16.9 Å². The molecule has 0 bridgehead atoms. The number of ether oxygens (including phenoxy) is 1. The zero-order valence-electron chi connectivity index (χ0n) is 11.7. The van der Waals surface area contributed by atoms with Gasteiger partial charge >= 0.3 is 0 Å². The van der Waals surface area contributed by atoms with E-state index in [0.29, 0.717) is 0 Å². The van der Waals surface area contributed by atoms with Crippen molar-refractivity contribution in [3.05, 3.63) is 64.7 Å². The van der Waals surface area contributed by atoms with Gasteiger partial charge in [0.2, 0.25) is 0 Å². The van der Waals surface area contributed by atoms with E-state index in [1.165, 1.54) is 11.1 Å². The van der Waals surface area contributed by atoms with Crippen molar-refractivity contribution in [2.24, 2.45) is 0 Å². The van der Waals surface area contributed by atoms with Crippen molar-refractivity contribution in [2.75, 3.05) is 6.61 Å². The number of aliphatic hydroxyl groups excluding tert-OH is 1. The Kier molecular flexibility index (Phi) is 4.23. The Bertz CT molecular complexity index is 547. The second-order valence-corrected chi connectivity index (χ2v) is 4.93. The van der Waals surface area contributed by atoms with Gasteiger partial charge in [-0.2, -0.15) is 0 Å². The monoisotopic (exact) mass is 256 g/mol. The SMILES string of the molecule is Cc1cc(C)c(C(O)COc2ccccc2)cc1C. The first-order chi connectivity index (χ1) is 9.08. The Morgan fingerprint density at radius 1 is 0.947 bits per heavy atom. The van der Waals surface area contributed by atoms with Crippen LogP contribution in [-0.4, -0.2) is 11.7 Å². The van der Waals surface area contributed by atoms with Gasteiger partial charge in [0, 0.05) is 0 Å². The van der Waals surface area contributed by atoms with E-state index >= 15 is 0 Å². The molecule has 0 saturated heterocycles. The van der Waals surface area contributed by atoms with Crippen molar-refractivity contribution in [2.45, 2.75) is 26.9 Å². The summed E-state index contributed by atoms with van der Waals surface area (Å²) in [5.41, 5.74) is 4.49. The molecule has 0 aliphatic heterocycles. The van der Waals surface area contributed by atoms with E-state index in [9.17, 15) is 5.11 Å². The van der Waals surface area contributed by atoms with Crippen LogP contribution in [0.1, 0.15) is 28.4 Å². The first kappa shape index (κ1) is 13.6. The molecule has 1 N–H and O–H groups in total. The van der Waals surface area contributed by atoms with Gasteiger partial charge in [-0.15, -0.1) is 0 Å². The minimum atomic E-state index is -0.598. The fraction of sp³-hybridized carbons (Fsp3) is 0.294. The minimum absolute atomic E-state index is 0.271. The third-order valence-electron chi connectivity index (χ3n) is 3.39. The maximum absolute atomic E-state index is 10.3. The maximum atomic E-state index is 10.3. The molecule has 2 rings (SSSR count). The van der Waals surface area contributed by atoms with Crippen LogP contribution in [0.15, 0.2) is 42.5 Å². The molecule has 0 saturated carbocycles. The lowest BCUT2D eigenvalue weighted by Gasteiger charge is -2.16. The highest BCUT2D eigenvalue weighted by atomic mass is 16.5. The summed E-state index contributed by atoms with van der Waals surface area (Å²) in [6.07, 6.45) is -0.598. The van der Waals surface area contributed by atoms with E-state index in [1.807, 2.05) is 43.3 Å². The number of hydrogen-bond donors (Lipinski definition) is 1. The van der Waals surface area contributed by atoms with Crippen LogP contribution < -0.4 is 4.74 Å². The molecule has 100 valence electrons. The third kappa shape index (κ3) is 3.36. The molecule has 0 aromatic heterocycles. The fourth-order valence-electron chi connectivity index (χ4n) is 2.12. The normalized spacial score (nSPS) is 12.2. The standard InChI is InChI=1S/C17H20O2/c1-12-9-14(3)16(10-13(12)2)17(18)11-19-15-7-5-4-6-8-15/h4-10,17-18H,11H2,1-3H3. The van der Waals surface area contributed by atoms with Crippen LogP contribution in [0.5, 0.6) is 5.75 Å². The lowest BCUT2D eigenvalue weighted by Crippen LogP contribution is -2.11. The average Bonchev–Trinajstić information content (AvgIpc) is 2.41. The van der Waals surface area contributed by atoms with Crippen molar-refractivity contribution in [1.29, 1.82) is 0 Å². The predicted octanol–water partition coefficient (Wildman–Crippen LogP) is 3.72. The van der Waals surface area contributed by atoms with Gasteiger partial charge in [-0.05, 0) is 55.2 Å². The number of hydrogen-bond acceptors (Lipinski definition) is 2. The number of aryl methyl sites for hydroxylation is 3. The van der Waals surface area contributed by atoms with Gasteiger partial charge < -0.3 is 9.84 Å². The van der Waals surface area contributed by atoms with Crippen molar-refractivity contribution in [1.82, 2.24) is 0 Å². The number of para-hydroxylation sites is 1. The van der Waals surface area contributed by atoms with Gasteiger partial charge in [-0.25, -0.2) is 0 Å². The van der Waals surface area contributed by atoms with E-state index < -0.39 is 6.10 Å². The first-order valence-corrected chi connectivity index (χ1v) is 6.51. The van der Waals surface area contributed by atoms with Crippen LogP contribution in [0.2, 0.25) is 0 Å². The molecule has 0 fully saturated rings. The largest absolute Gasteiger partial charge is 0.491 e. The van der Waals surface area contributed by atoms with Crippen molar-refractivity contribution in [3.63, 3.8) is 0 Å². The summed E-state index contributed by atoms with van der Waals surface area (Å²) in [7, 11) is 0. The smallest absolute Gasteiger partial charge is 0.119 e. The molecule has 0 aliphatic carbocycles. The van der Waals surface area contributed by atoms with Crippen LogP contribution in [0.3, 0.4) is 0 Å². The van der Waals surface area contributed by atoms with Gasteiger partial charge in [0.25, 0.3) is 0 Å². The summed E-state index contributed by atoms with van der Waals surface area (Å²) in [4.78, 5) is 0. The van der Waals surface area contributed by atoms with Gasteiger partial charge in [-0.3, -0.25) is 0 Å². The summed E-state index contributed by atoms with van der Waals surface area (Å²) in [6, 6.07) is 13.7. The molecule has 1 atom stereocenters. The topological polar surface area (TPSA) is 29.5 Å². The van der Waals surface area contributed by atoms with E-state index in [2.05, 4.69) is 19.9 Å². The average molecular weight is 256 g/mol. The quantitative estimate of drug-likeness (QED) is 0.903. The van der Waals surface area contributed by atoms with E-state index in [4.69, 9.17) is 4.74 Å². The number of benzene rings is 2. The molecule has 1 unspecified atom stereocenters. The Hall–Kier alpha value is -1.80. The Balaban J connectivity index is 2.08. The minimum Gasteiger partial charge on any atom is -0.491 e. The van der Waals surface area contributed by atoms with Crippen LogP contribution in [0, 0.1) is 20.8 Å². The summed E-state index contributed by atoms with van der Waals surface area (Å²) in [5, 5.41) is 10.3. The Morgan fingerprint density at radius 2 is 1.58 bits per heavy atom. The Morgan fingerprint density at radius 3 is 2.26 bits per heavy atom. The zero-order valence-corrected chi connectivity index (χ0v) is 11.7. The van der Waals surface area contributed by atoms with Gasteiger partial charge in [0.05, 0.1) is 0 Å². The van der Waals surface area contributed by atoms with Crippen LogP contribution in [-0.2, 0) is 0 Å². The molecule has 2 aromatic carbocycles. The van der Waals surface area contributed by atoms with Crippen LogP contribution in [0.25, 0.3) is 0 Å². The van der Waals surface area contributed by atoms with Crippen LogP contribution >= 0.6 is 0 Å². The molecular formula is C17H20O2. The van der Waals surface area contributed by atoms with Crippen molar-refractivity contribution < 1.29 is 9.84 Å². The summed E-state index contributed by atoms with van der Waals surface area (Å²) >= 11 is 0. The highest BCUT2D eigenvalue weighted by Gasteiger charge is 2.12. The fourth-order valence-corrected chi connectivity index (χ4v) is 2.12. The van der Waals surface area contributed by atoms with Crippen molar-refractivity contribution >= 4 is 0 Å². The van der Waals surface area contributed by atoms with Crippen LogP contribution in [0.4, 0.5) is 0 Å². The summed E-state index contributed by atoms with van der Waals surface area (Å²) in [5.74, 6) is 0.781. The van der Waals surface area contributed by atoms with Gasteiger partial charge in [0.15, 0.2) is 0 Å². The molecule has 0 heterocycles. The van der Waals surface area contributed by atoms with Crippen molar-refractivity contribution in [3.8, 4) is 5.75 Å². The van der Waals surface area contributed by atoms with E-state index in [1.54, 1.807) is 0 Å². The second kappa shape index (κ2) is 5.89. The summed E-state index contributed by atoms with van der Waals surface area (Å²) < 4.78 is 5.60.